The first-order valence-corrected chi connectivity index (χ1v) is 12.0. The molecule has 30 heavy (non-hydrogen) atoms. The minimum atomic E-state index is -1.15. The van der Waals surface area contributed by atoms with Crippen molar-refractivity contribution in [2.75, 3.05) is 13.2 Å². The molecular weight excluding hydrogens is 384 g/mol. The Morgan fingerprint density at radius 3 is 2.10 bits per heavy atom. The van der Waals surface area contributed by atoms with Crippen LogP contribution in [-0.2, 0) is 14.3 Å². The number of unbranched alkanes of at least 4 members (excludes halogenated alkanes) is 11. The van der Waals surface area contributed by atoms with E-state index in [1.165, 1.54) is 57.8 Å². The van der Waals surface area contributed by atoms with Crippen molar-refractivity contribution in [2.45, 2.75) is 121 Å². The van der Waals surface area contributed by atoms with Crippen LogP contribution in [0.25, 0.3) is 0 Å². The van der Waals surface area contributed by atoms with Gasteiger partial charge >= 0.3 is 5.97 Å². The lowest BCUT2D eigenvalue weighted by Crippen LogP contribution is -2.41. The van der Waals surface area contributed by atoms with Crippen molar-refractivity contribution in [1.29, 1.82) is 0 Å². The molecule has 4 atom stereocenters. The van der Waals surface area contributed by atoms with E-state index in [-0.39, 0.29) is 19.2 Å². The van der Waals surface area contributed by atoms with Gasteiger partial charge in [-0.15, -0.1) is 0 Å². The average molecular weight is 429 g/mol. The monoisotopic (exact) mass is 428 g/mol. The van der Waals surface area contributed by atoms with Gasteiger partial charge in [0.2, 0.25) is 0 Å². The number of carbonyl (C=O) groups is 1. The molecule has 1 rings (SSSR count). The third kappa shape index (κ3) is 12.7. The second kappa shape index (κ2) is 17.7. The van der Waals surface area contributed by atoms with E-state index in [0.717, 1.165) is 25.7 Å². The third-order valence-electron chi connectivity index (χ3n) is 5.63. The first kappa shape index (κ1) is 27.1. The first-order valence-electron chi connectivity index (χ1n) is 12.0. The molecule has 0 aromatic rings. The van der Waals surface area contributed by atoms with Crippen molar-refractivity contribution in [3.63, 3.8) is 0 Å². The first-order chi connectivity index (χ1) is 14.6. The predicted octanol–water partition coefficient (Wildman–Crippen LogP) is 4.05. The second-order valence-electron chi connectivity index (χ2n) is 8.44. The van der Waals surface area contributed by atoms with Crippen molar-refractivity contribution in [1.82, 2.24) is 0 Å². The van der Waals surface area contributed by atoms with Crippen LogP contribution in [0.4, 0.5) is 0 Å². The highest BCUT2D eigenvalue weighted by Gasteiger charge is 2.39. The predicted molar refractivity (Wildman–Crippen MR) is 118 cm³/mol. The van der Waals surface area contributed by atoms with E-state index in [2.05, 4.69) is 19.1 Å². The standard InChI is InChI=1S/C24H44O6/c1-2-3-4-5-6-7-8-9-10-11-12-13-14-15-16-17-22(27)29-19-21(26)24-23(28)20(25)18-30-24/h9-10,20-21,23-26,28H,2-8,11-19H2,1H3/b10-9-. The molecule has 6 nitrogen and oxygen atoms in total. The summed E-state index contributed by atoms with van der Waals surface area (Å²) in [6.45, 7) is 2.00. The van der Waals surface area contributed by atoms with Crippen molar-refractivity contribution < 1.29 is 29.6 Å². The summed E-state index contributed by atoms with van der Waals surface area (Å²) in [5, 5.41) is 29.0. The molecule has 0 spiro atoms. The van der Waals surface area contributed by atoms with Crippen molar-refractivity contribution >= 4 is 5.97 Å². The van der Waals surface area contributed by atoms with Crippen LogP contribution in [0, 0.1) is 0 Å². The molecule has 1 fully saturated rings. The zero-order valence-electron chi connectivity index (χ0n) is 18.8. The summed E-state index contributed by atoms with van der Waals surface area (Å²) < 4.78 is 10.2. The molecule has 176 valence electrons. The van der Waals surface area contributed by atoms with E-state index in [1.807, 2.05) is 0 Å². The van der Waals surface area contributed by atoms with Gasteiger partial charge in [0, 0.05) is 6.42 Å². The molecule has 0 aromatic carbocycles. The lowest BCUT2D eigenvalue weighted by Gasteiger charge is -2.20. The van der Waals surface area contributed by atoms with E-state index < -0.39 is 24.4 Å². The highest BCUT2D eigenvalue weighted by atomic mass is 16.6. The number of carbonyl (C=O) groups excluding carboxylic acids is 1. The molecule has 0 aromatic heterocycles. The fraction of sp³-hybridized carbons (Fsp3) is 0.875. The van der Waals surface area contributed by atoms with Crippen LogP contribution in [0.3, 0.4) is 0 Å². The van der Waals surface area contributed by atoms with Crippen LogP contribution in [-0.4, -0.2) is 58.9 Å². The Balaban J connectivity index is 1.87. The number of rotatable bonds is 18. The minimum absolute atomic E-state index is 0.0221. The van der Waals surface area contributed by atoms with Crippen molar-refractivity contribution in [2.24, 2.45) is 0 Å². The van der Waals surface area contributed by atoms with Crippen LogP contribution in [0.15, 0.2) is 12.2 Å². The lowest BCUT2D eigenvalue weighted by molar-refractivity contribution is -0.151. The maximum absolute atomic E-state index is 11.7. The van der Waals surface area contributed by atoms with Crippen LogP contribution in [0.5, 0.6) is 0 Å². The van der Waals surface area contributed by atoms with Gasteiger partial charge in [0.05, 0.1) is 6.61 Å². The molecule has 6 heteroatoms. The molecule has 4 unspecified atom stereocenters. The molecule has 1 aliphatic rings. The maximum Gasteiger partial charge on any atom is 0.305 e. The number of hydrogen-bond acceptors (Lipinski definition) is 6. The molecule has 3 N–H and O–H groups in total. The summed E-state index contributed by atoms with van der Waals surface area (Å²) in [6, 6.07) is 0. The molecular formula is C24H44O6. The molecule has 1 heterocycles. The van der Waals surface area contributed by atoms with E-state index >= 15 is 0 Å². The fourth-order valence-corrected chi connectivity index (χ4v) is 3.65. The van der Waals surface area contributed by atoms with Gasteiger partial charge in [0.25, 0.3) is 0 Å². The molecule has 0 bridgehead atoms. The van der Waals surface area contributed by atoms with Gasteiger partial charge in [-0.3, -0.25) is 4.79 Å². The molecule has 0 radical (unpaired) electrons. The van der Waals surface area contributed by atoms with Gasteiger partial charge in [-0.2, -0.15) is 0 Å². The fourth-order valence-electron chi connectivity index (χ4n) is 3.65. The van der Waals surface area contributed by atoms with Gasteiger partial charge < -0.3 is 24.8 Å². The number of aliphatic hydroxyl groups excluding tert-OH is 3. The summed E-state index contributed by atoms with van der Waals surface area (Å²) >= 11 is 0. The smallest absolute Gasteiger partial charge is 0.305 e. The summed E-state index contributed by atoms with van der Waals surface area (Å²) in [5.41, 5.74) is 0. The van der Waals surface area contributed by atoms with Gasteiger partial charge in [0.1, 0.15) is 31.0 Å². The summed E-state index contributed by atoms with van der Waals surface area (Å²) in [4.78, 5) is 11.7. The topological polar surface area (TPSA) is 96.2 Å². The molecule has 1 saturated heterocycles. The Kier molecular flexibility index (Phi) is 16.0. The number of aliphatic hydroxyl groups is 3. The third-order valence-corrected chi connectivity index (χ3v) is 5.63. The van der Waals surface area contributed by atoms with Crippen LogP contribution >= 0.6 is 0 Å². The Hall–Kier alpha value is -0.950. The van der Waals surface area contributed by atoms with Crippen molar-refractivity contribution in [3.8, 4) is 0 Å². The Labute approximate surface area is 182 Å². The zero-order chi connectivity index (χ0) is 22.0. The van der Waals surface area contributed by atoms with E-state index in [1.54, 1.807) is 0 Å². The van der Waals surface area contributed by atoms with E-state index in [9.17, 15) is 20.1 Å². The van der Waals surface area contributed by atoms with E-state index in [4.69, 9.17) is 9.47 Å². The Morgan fingerprint density at radius 1 is 0.967 bits per heavy atom. The van der Waals surface area contributed by atoms with Gasteiger partial charge in [0.15, 0.2) is 0 Å². The van der Waals surface area contributed by atoms with Crippen LogP contribution in [0.1, 0.15) is 96.8 Å². The number of esters is 1. The highest BCUT2D eigenvalue weighted by molar-refractivity contribution is 5.69. The Morgan fingerprint density at radius 2 is 1.53 bits per heavy atom. The summed E-state index contributed by atoms with van der Waals surface area (Å²) in [5.74, 6) is -0.347. The number of ether oxygens (including phenoxy) is 2. The Bertz CT molecular complexity index is 453. The van der Waals surface area contributed by atoms with Crippen LogP contribution < -0.4 is 0 Å². The average Bonchev–Trinajstić information content (AvgIpc) is 3.07. The molecule has 1 aliphatic heterocycles. The van der Waals surface area contributed by atoms with E-state index in [0.29, 0.717) is 6.42 Å². The van der Waals surface area contributed by atoms with Gasteiger partial charge in [-0.05, 0) is 32.1 Å². The largest absolute Gasteiger partial charge is 0.463 e. The highest BCUT2D eigenvalue weighted by Crippen LogP contribution is 2.18. The maximum atomic E-state index is 11.7. The quantitative estimate of drug-likeness (QED) is 0.173. The minimum Gasteiger partial charge on any atom is -0.463 e. The summed E-state index contributed by atoms with van der Waals surface area (Å²) in [6.07, 6.45) is 16.5. The van der Waals surface area contributed by atoms with Gasteiger partial charge in [-0.1, -0.05) is 70.4 Å². The molecule has 0 saturated carbocycles. The number of hydrogen-bond donors (Lipinski definition) is 3. The number of allylic oxidation sites excluding steroid dienone is 2. The zero-order valence-corrected chi connectivity index (χ0v) is 18.8. The summed E-state index contributed by atoms with van der Waals surface area (Å²) in [7, 11) is 0. The second-order valence-corrected chi connectivity index (χ2v) is 8.44. The SMILES string of the molecule is CCCCCCCC/C=C\CCCCCCCC(=O)OCC(O)C1OCC(O)C1O. The van der Waals surface area contributed by atoms with Crippen LogP contribution in [0.2, 0.25) is 0 Å². The molecule has 0 amide bonds. The molecule has 0 aliphatic carbocycles. The van der Waals surface area contributed by atoms with Gasteiger partial charge in [-0.25, -0.2) is 0 Å². The lowest BCUT2D eigenvalue weighted by atomic mass is 10.1. The van der Waals surface area contributed by atoms with Crippen molar-refractivity contribution in [3.05, 3.63) is 12.2 Å². The normalized spacial score (nSPS) is 22.6.